The van der Waals surface area contributed by atoms with Gasteiger partial charge in [-0.25, -0.2) is 0 Å². The number of aryl methyl sites for hydroxylation is 4. The molecule has 1 heterocycles. The fourth-order valence-corrected chi connectivity index (χ4v) is 4.15. The molecule has 0 saturated carbocycles. The van der Waals surface area contributed by atoms with Gasteiger partial charge in [-0.05, 0) is 19.4 Å². The fraction of sp³-hybridized carbons (Fsp3) is 0.286. The number of aliphatic hydroxyl groups is 1. The third-order valence-electron chi connectivity index (χ3n) is 6.19. The summed E-state index contributed by atoms with van der Waals surface area (Å²) in [6.45, 7) is 15.7. The monoisotopic (exact) mass is 712 g/mol. The predicted molar refractivity (Wildman–Crippen MR) is 162 cm³/mol. The molecule has 1 radical (unpaired) electrons. The average Bonchev–Trinajstić information content (AvgIpc) is 2.88. The normalized spacial score (nSPS) is 11.1. The molecule has 0 spiro atoms. The second kappa shape index (κ2) is 14.8. The number of aliphatic hydroxyl groups excluding tert-OH is 1. The van der Waals surface area contributed by atoms with Crippen LogP contribution in [0.4, 0.5) is 0 Å². The zero-order chi connectivity index (χ0) is 28.7. The van der Waals surface area contributed by atoms with Gasteiger partial charge in [0.25, 0.3) is 0 Å². The SMILES string of the molecule is CC(C)C(=O)/C=C(\O)C(C)C.Cc1[c-]c(-c2ncc(-c3ccccc3)nc2-c2cc(C)cc(C)c2)cc(C)c1.[Ir]. The molecule has 0 fully saturated rings. The van der Waals surface area contributed by atoms with E-state index in [0.29, 0.717) is 0 Å². The van der Waals surface area contributed by atoms with Gasteiger partial charge in [-0.1, -0.05) is 101 Å². The summed E-state index contributed by atoms with van der Waals surface area (Å²) >= 11 is 0. The molecular formula is C35H39IrN2O2-. The number of ketones is 1. The van der Waals surface area contributed by atoms with Crippen molar-refractivity contribution < 1.29 is 30.0 Å². The molecule has 4 nitrogen and oxygen atoms in total. The van der Waals surface area contributed by atoms with Gasteiger partial charge in [-0.15, -0.1) is 34.9 Å². The summed E-state index contributed by atoms with van der Waals surface area (Å²) in [5.74, 6) is 0.161. The minimum atomic E-state index is -0.0316. The maximum Gasteiger partial charge on any atom is 0.161 e. The fourth-order valence-electron chi connectivity index (χ4n) is 4.15. The largest absolute Gasteiger partial charge is 0.512 e. The van der Waals surface area contributed by atoms with Gasteiger partial charge in [-0.2, -0.15) is 0 Å². The molecule has 0 amide bonds. The summed E-state index contributed by atoms with van der Waals surface area (Å²) in [5, 5.41) is 9.19. The topological polar surface area (TPSA) is 63.1 Å². The van der Waals surface area contributed by atoms with E-state index in [1.807, 2.05) is 52.1 Å². The third kappa shape index (κ3) is 9.08. The van der Waals surface area contributed by atoms with Crippen LogP contribution < -0.4 is 0 Å². The van der Waals surface area contributed by atoms with Crippen molar-refractivity contribution in [3.63, 3.8) is 0 Å². The van der Waals surface area contributed by atoms with Crippen molar-refractivity contribution in [1.82, 2.24) is 9.97 Å². The van der Waals surface area contributed by atoms with Gasteiger partial charge < -0.3 is 10.1 Å². The summed E-state index contributed by atoms with van der Waals surface area (Å²) in [5.41, 5.74) is 10.5. The molecule has 4 aromatic rings. The standard InChI is InChI=1S/C26H23N2.C9H16O2.Ir/c1-17-10-18(2)13-22(12-17)25-26(23-14-19(3)11-20(4)15-23)28-24(16-27-25)21-8-6-5-7-9-21;1-6(2)8(10)5-9(11)7(3)4;/h5-12,14-16H,1-4H3;5-7,10H,1-4H3;/q-1;;/b;8-5-;. The molecule has 1 aromatic heterocycles. The zero-order valence-electron chi connectivity index (χ0n) is 24.7. The van der Waals surface area contributed by atoms with E-state index in [4.69, 9.17) is 9.97 Å². The number of carbonyl (C=O) groups is 1. The van der Waals surface area contributed by atoms with E-state index < -0.39 is 0 Å². The molecule has 1 N–H and O–H groups in total. The van der Waals surface area contributed by atoms with Crippen LogP contribution in [0.5, 0.6) is 0 Å². The predicted octanol–water partition coefficient (Wildman–Crippen LogP) is 8.82. The summed E-state index contributed by atoms with van der Waals surface area (Å²) in [6, 6.07) is 24.5. The average molecular weight is 712 g/mol. The number of aromatic nitrogens is 2. The van der Waals surface area contributed by atoms with E-state index in [-0.39, 0.29) is 43.5 Å². The van der Waals surface area contributed by atoms with Gasteiger partial charge >= 0.3 is 0 Å². The molecule has 4 rings (SSSR count). The summed E-state index contributed by atoms with van der Waals surface area (Å²) in [7, 11) is 0. The summed E-state index contributed by atoms with van der Waals surface area (Å²) in [4.78, 5) is 20.9. The third-order valence-corrected chi connectivity index (χ3v) is 6.19. The molecule has 0 atom stereocenters. The molecule has 5 heteroatoms. The second-order valence-electron chi connectivity index (χ2n) is 10.7. The van der Waals surface area contributed by atoms with Crippen molar-refractivity contribution in [1.29, 1.82) is 0 Å². The Morgan fingerprint density at radius 3 is 1.95 bits per heavy atom. The van der Waals surface area contributed by atoms with Crippen LogP contribution in [0.25, 0.3) is 33.8 Å². The minimum Gasteiger partial charge on any atom is -0.512 e. The second-order valence-corrected chi connectivity index (χ2v) is 10.7. The first-order valence-corrected chi connectivity index (χ1v) is 13.4. The van der Waals surface area contributed by atoms with Crippen LogP contribution in [0.1, 0.15) is 49.9 Å². The van der Waals surface area contributed by atoms with E-state index in [9.17, 15) is 9.90 Å². The molecule has 3 aromatic carbocycles. The summed E-state index contributed by atoms with van der Waals surface area (Å²) < 4.78 is 0. The van der Waals surface area contributed by atoms with Gasteiger partial charge in [0.05, 0.1) is 17.1 Å². The van der Waals surface area contributed by atoms with E-state index >= 15 is 0 Å². The van der Waals surface area contributed by atoms with Crippen LogP contribution in [0.3, 0.4) is 0 Å². The van der Waals surface area contributed by atoms with Gasteiger partial charge in [0.2, 0.25) is 0 Å². The van der Waals surface area contributed by atoms with Crippen molar-refractivity contribution in [3.05, 3.63) is 107 Å². The smallest absolute Gasteiger partial charge is 0.161 e. The van der Waals surface area contributed by atoms with Crippen LogP contribution in [0.15, 0.2) is 78.7 Å². The minimum absolute atomic E-state index is 0. The van der Waals surface area contributed by atoms with Crippen LogP contribution in [-0.4, -0.2) is 20.9 Å². The molecule has 0 aliphatic rings. The number of nitrogens with zero attached hydrogens (tertiary/aromatic N) is 2. The van der Waals surface area contributed by atoms with Crippen molar-refractivity contribution >= 4 is 5.78 Å². The first-order valence-electron chi connectivity index (χ1n) is 13.4. The van der Waals surface area contributed by atoms with Gasteiger partial charge in [0.1, 0.15) is 0 Å². The van der Waals surface area contributed by atoms with E-state index in [1.54, 1.807) is 0 Å². The van der Waals surface area contributed by atoms with Crippen LogP contribution in [0, 0.1) is 45.6 Å². The number of hydrogen-bond donors (Lipinski definition) is 1. The maximum absolute atomic E-state index is 11.0. The molecular weight excluding hydrogens is 673 g/mol. The van der Waals surface area contributed by atoms with E-state index in [0.717, 1.165) is 39.3 Å². The van der Waals surface area contributed by atoms with Gasteiger partial charge in [0, 0.05) is 55.5 Å². The Hall–Kier alpha value is -3.40. The Balaban J connectivity index is 0.000000400. The van der Waals surface area contributed by atoms with Crippen LogP contribution in [0.2, 0.25) is 0 Å². The Bertz CT molecular complexity index is 1430. The number of hydrogen-bond acceptors (Lipinski definition) is 4. The maximum atomic E-state index is 11.0. The first kappa shape index (κ1) is 32.8. The Kier molecular flexibility index (Phi) is 12.2. The number of rotatable bonds is 6. The van der Waals surface area contributed by atoms with Gasteiger partial charge in [-0.3, -0.25) is 9.78 Å². The Labute approximate surface area is 253 Å². The van der Waals surface area contributed by atoms with Crippen molar-refractivity contribution in [3.8, 4) is 33.8 Å². The zero-order valence-corrected chi connectivity index (χ0v) is 27.1. The molecule has 0 unspecified atom stereocenters. The Morgan fingerprint density at radius 2 is 1.40 bits per heavy atom. The molecule has 211 valence electrons. The van der Waals surface area contributed by atoms with Crippen LogP contribution in [-0.2, 0) is 24.9 Å². The molecule has 0 aliphatic carbocycles. The van der Waals surface area contributed by atoms with E-state index in [2.05, 4.69) is 76.2 Å². The molecule has 0 saturated heterocycles. The van der Waals surface area contributed by atoms with Crippen LogP contribution >= 0.6 is 0 Å². The van der Waals surface area contributed by atoms with Crippen molar-refractivity contribution in [2.75, 3.05) is 0 Å². The number of carbonyl (C=O) groups excluding carboxylic acids is 1. The number of allylic oxidation sites excluding steroid dienone is 2. The summed E-state index contributed by atoms with van der Waals surface area (Å²) in [6.07, 6.45) is 3.18. The first-order chi connectivity index (χ1) is 18.4. The Morgan fingerprint density at radius 1 is 0.800 bits per heavy atom. The molecule has 0 aliphatic heterocycles. The quantitative estimate of drug-likeness (QED) is 0.123. The number of benzene rings is 3. The van der Waals surface area contributed by atoms with E-state index in [1.165, 1.54) is 22.8 Å². The van der Waals surface area contributed by atoms with Crippen molar-refractivity contribution in [2.45, 2.75) is 55.4 Å². The van der Waals surface area contributed by atoms with Crippen molar-refractivity contribution in [2.24, 2.45) is 11.8 Å². The molecule has 40 heavy (non-hydrogen) atoms. The molecule has 0 bridgehead atoms. The van der Waals surface area contributed by atoms with Gasteiger partial charge in [0.15, 0.2) is 5.78 Å².